The van der Waals surface area contributed by atoms with E-state index in [0.29, 0.717) is 11.0 Å². The Labute approximate surface area is 114 Å². The van der Waals surface area contributed by atoms with Crippen LogP contribution in [0.2, 0.25) is 0 Å². The highest BCUT2D eigenvalue weighted by atomic mass is 79.9. The maximum atomic E-state index is 13.5. The zero-order chi connectivity index (χ0) is 13.0. The van der Waals surface area contributed by atoms with Gasteiger partial charge in [-0.15, -0.1) is 0 Å². The van der Waals surface area contributed by atoms with Gasteiger partial charge in [0.1, 0.15) is 5.82 Å². The van der Waals surface area contributed by atoms with Gasteiger partial charge in [-0.2, -0.15) is 0 Å². The second kappa shape index (κ2) is 6.29. The minimum absolute atomic E-state index is 0.0823. The van der Waals surface area contributed by atoms with Gasteiger partial charge < -0.3 is 10.2 Å². The number of hydrogen-bond donors (Lipinski definition) is 1. The van der Waals surface area contributed by atoms with Crippen LogP contribution in [0.1, 0.15) is 23.2 Å². The van der Waals surface area contributed by atoms with Gasteiger partial charge in [-0.25, -0.2) is 4.39 Å². The van der Waals surface area contributed by atoms with Crippen LogP contribution < -0.4 is 5.32 Å². The van der Waals surface area contributed by atoms with Gasteiger partial charge in [-0.1, -0.05) is 6.07 Å². The summed E-state index contributed by atoms with van der Waals surface area (Å²) in [6.07, 6.45) is 2.46. The Morgan fingerprint density at radius 3 is 2.78 bits per heavy atom. The highest BCUT2D eigenvalue weighted by molar-refractivity contribution is 9.10. The van der Waals surface area contributed by atoms with Crippen LogP contribution in [0.3, 0.4) is 0 Å². The topological polar surface area (TPSA) is 32.3 Å². The first-order chi connectivity index (χ1) is 8.68. The summed E-state index contributed by atoms with van der Waals surface area (Å²) in [4.78, 5) is 14.2. The molecule has 1 N–H and O–H groups in total. The Morgan fingerprint density at radius 1 is 1.39 bits per heavy atom. The van der Waals surface area contributed by atoms with Crippen LogP contribution in [0.5, 0.6) is 0 Å². The van der Waals surface area contributed by atoms with E-state index in [-0.39, 0.29) is 11.5 Å². The van der Waals surface area contributed by atoms with Crippen LogP contribution in [0.15, 0.2) is 22.7 Å². The van der Waals surface area contributed by atoms with E-state index in [0.717, 1.165) is 19.6 Å². The maximum absolute atomic E-state index is 13.5. The Morgan fingerprint density at radius 2 is 2.11 bits per heavy atom. The number of likely N-dealkylation sites (tertiary alicyclic amines) is 1. The lowest BCUT2D eigenvalue weighted by Crippen LogP contribution is -2.34. The van der Waals surface area contributed by atoms with E-state index >= 15 is 0 Å². The van der Waals surface area contributed by atoms with Crippen LogP contribution >= 0.6 is 15.9 Å². The van der Waals surface area contributed by atoms with E-state index in [9.17, 15) is 9.18 Å². The van der Waals surface area contributed by atoms with Crippen LogP contribution in [0.4, 0.5) is 4.39 Å². The summed E-state index contributed by atoms with van der Waals surface area (Å²) < 4.78 is 14.0. The van der Waals surface area contributed by atoms with E-state index in [1.165, 1.54) is 18.9 Å². The van der Waals surface area contributed by atoms with Crippen molar-refractivity contribution in [1.29, 1.82) is 0 Å². The van der Waals surface area contributed by atoms with Crippen molar-refractivity contribution in [2.45, 2.75) is 12.8 Å². The molecular formula is C13H16BrFN2O. The largest absolute Gasteiger partial charge is 0.351 e. The normalized spacial score (nSPS) is 15.9. The fourth-order valence-electron chi connectivity index (χ4n) is 2.14. The first kappa shape index (κ1) is 13.5. The molecule has 98 valence electrons. The highest BCUT2D eigenvalue weighted by Crippen LogP contribution is 2.19. The van der Waals surface area contributed by atoms with Crippen molar-refractivity contribution in [2.75, 3.05) is 26.2 Å². The monoisotopic (exact) mass is 314 g/mol. The standard InChI is InChI=1S/C13H16BrFN2O/c14-10-4-3-5-11(15)12(10)13(18)16-6-9-17-7-1-2-8-17/h3-5H,1-2,6-9H2,(H,16,18). The van der Waals surface area contributed by atoms with Gasteiger partial charge in [0.2, 0.25) is 0 Å². The number of rotatable bonds is 4. The third kappa shape index (κ3) is 3.29. The van der Waals surface area contributed by atoms with E-state index < -0.39 is 5.82 Å². The molecule has 0 bridgehead atoms. The first-order valence-corrected chi connectivity index (χ1v) is 6.92. The third-order valence-electron chi connectivity index (χ3n) is 3.10. The Kier molecular flexibility index (Phi) is 4.72. The lowest BCUT2D eigenvalue weighted by Gasteiger charge is -2.15. The third-order valence-corrected chi connectivity index (χ3v) is 3.76. The summed E-state index contributed by atoms with van der Waals surface area (Å²) in [5.74, 6) is -0.859. The molecule has 0 atom stereocenters. The number of amides is 1. The average Bonchev–Trinajstić information content (AvgIpc) is 2.82. The molecule has 0 spiro atoms. The summed E-state index contributed by atoms with van der Waals surface area (Å²) in [5, 5.41) is 2.76. The zero-order valence-corrected chi connectivity index (χ0v) is 11.7. The molecule has 1 aromatic carbocycles. The molecule has 5 heteroatoms. The number of nitrogens with one attached hydrogen (secondary N) is 1. The summed E-state index contributed by atoms with van der Waals surface area (Å²) >= 11 is 3.19. The summed E-state index contributed by atoms with van der Waals surface area (Å²) in [5.41, 5.74) is 0.0823. The van der Waals surface area contributed by atoms with Crippen molar-refractivity contribution in [3.05, 3.63) is 34.1 Å². The number of carbonyl (C=O) groups excluding carboxylic acids is 1. The van der Waals surface area contributed by atoms with Crippen molar-refractivity contribution in [2.24, 2.45) is 0 Å². The van der Waals surface area contributed by atoms with Gasteiger partial charge in [0.05, 0.1) is 5.56 Å². The predicted molar refractivity (Wildman–Crippen MR) is 72.1 cm³/mol. The molecule has 1 aliphatic rings. The van der Waals surface area contributed by atoms with Gasteiger partial charge in [0, 0.05) is 17.6 Å². The van der Waals surface area contributed by atoms with Crippen molar-refractivity contribution in [1.82, 2.24) is 10.2 Å². The molecule has 0 unspecified atom stereocenters. The van der Waals surface area contributed by atoms with E-state index in [2.05, 4.69) is 26.1 Å². The minimum atomic E-state index is -0.497. The SMILES string of the molecule is O=C(NCCN1CCCC1)c1c(F)cccc1Br. The fraction of sp³-hybridized carbons (Fsp3) is 0.462. The van der Waals surface area contributed by atoms with Crippen LogP contribution in [-0.2, 0) is 0 Å². The Bertz CT molecular complexity index is 413. The van der Waals surface area contributed by atoms with Gasteiger partial charge in [0.25, 0.3) is 5.91 Å². The predicted octanol–water partition coefficient (Wildman–Crippen LogP) is 2.41. The van der Waals surface area contributed by atoms with Crippen LogP contribution in [0.25, 0.3) is 0 Å². The maximum Gasteiger partial charge on any atom is 0.255 e. The highest BCUT2D eigenvalue weighted by Gasteiger charge is 2.16. The second-order valence-corrected chi connectivity index (χ2v) is 5.26. The van der Waals surface area contributed by atoms with Crippen molar-refractivity contribution >= 4 is 21.8 Å². The molecule has 18 heavy (non-hydrogen) atoms. The van der Waals surface area contributed by atoms with Crippen molar-refractivity contribution in [3.8, 4) is 0 Å². The summed E-state index contributed by atoms with van der Waals surface area (Å²) in [7, 11) is 0. The lowest BCUT2D eigenvalue weighted by atomic mass is 10.2. The molecule has 0 radical (unpaired) electrons. The van der Waals surface area contributed by atoms with E-state index in [1.54, 1.807) is 12.1 Å². The Balaban J connectivity index is 1.87. The molecule has 2 rings (SSSR count). The molecule has 1 fully saturated rings. The van der Waals surface area contributed by atoms with Crippen molar-refractivity contribution in [3.63, 3.8) is 0 Å². The quantitative estimate of drug-likeness (QED) is 0.925. The number of benzene rings is 1. The molecule has 1 aromatic rings. The molecule has 3 nitrogen and oxygen atoms in total. The average molecular weight is 315 g/mol. The molecule has 1 amide bonds. The number of carbonyl (C=O) groups is 1. The van der Waals surface area contributed by atoms with Gasteiger partial charge in [-0.3, -0.25) is 4.79 Å². The molecule has 0 aliphatic carbocycles. The molecule has 1 aliphatic heterocycles. The van der Waals surface area contributed by atoms with Crippen molar-refractivity contribution < 1.29 is 9.18 Å². The first-order valence-electron chi connectivity index (χ1n) is 6.13. The van der Waals surface area contributed by atoms with Gasteiger partial charge in [-0.05, 0) is 54.0 Å². The number of hydrogen-bond acceptors (Lipinski definition) is 2. The van der Waals surface area contributed by atoms with Gasteiger partial charge in [0.15, 0.2) is 0 Å². The fourth-order valence-corrected chi connectivity index (χ4v) is 2.66. The molecular weight excluding hydrogens is 299 g/mol. The molecule has 0 saturated carbocycles. The smallest absolute Gasteiger partial charge is 0.255 e. The Hall–Kier alpha value is -0.940. The van der Waals surface area contributed by atoms with Crippen LogP contribution in [0, 0.1) is 5.82 Å². The number of nitrogens with zero attached hydrogens (tertiary/aromatic N) is 1. The molecule has 1 heterocycles. The minimum Gasteiger partial charge on any atom is -0.351 e. The zero-order valence-electron chi connectivity index (χ0n) is 10.1. The lowest BCUT2D eigenvalue weighted by molar-refractivity contribution is 0.0945. The summed E-state index contributed by atoms with van der Waals surface area (Å²) in [6.45, 7) is 3.58. The van der Waals surface area contributed by atoms with Gasteiger partial charge >= 0.3 is 0 Å². The molecule has 0 aromatic heterocycles. The van der Waals surface area contributed by atoms with Crippen LogP contribution in [-0.4, -0.2) is 37.0 Å². The van der Waals surface area contributed by atoms with E-state index in [1.807, 2.05) is 0 Å². The summed E-state index contributed by atoms with van der Waals surface area (Å²) in [6, 6.07) is 4.53. The van der Waals surface area contributed by atoms with E-state index in [4.69, 9.17) is 0 Å². The molecule has 1 saturated heterocycles. The second-order valence-electron chi connectivity index (χ2n) is 4.40. The number of halogens is 2.